The van der Waals surface area contributed by atoms with Crippen molar-refractivity contribution in [2.45, 2.75) is 50.2 Å². The second-order valence-corrected chi connectivity index (χ2v) is 12.3. The van der Waals surface area contributed by atoms with Crippen molar-refractivity contribution in [1.82, 2.24) is 0 Å². The largest absolute Gasteiger partial charge is 0.497 e. The Morgan fingerprint density at radius 3 is 2.17 bits per heavy atom. The van der Waals surface area contributed by atoms with Crippen molar-refractivity contribution in [1.29, 1.82) is 0 Å². The van der Waals surface area contributed by atoms with E-state index in [9.17, 15) is 9.59 Å². The SMILES string of the molecule is COc1ccc2cc(C(C)C(=O)OCCOCCOCCOCCOC(=O)CCCCC3CCSS3)ccc2c1. The number of unbranched alkanes of at least 4 members (excludes halogenated alkanes) is 1. The van der Waals surface area contributed by atoms with Crippen LogP contribution in [-0.4, -0.2) is 82.9 Å². The fourth-order valence-corrected chi connectivity index (χ4v) is 7.16. The summed E-state index contributed by atoms with van der Waals surface area (Å²) in [7, 11) is 5.58. The van der Waals surface area contributed by atoms with Gasteiger partial charge in [0.2, 0.25) is 0 Å². The number of carbonyl (C=O) groups excluding carboxylic acids is 2. The third-order valence-electron chi connectivity index (χ3n) is 6.52. The number of esters is 2. The van der Waals surface area contributed by atoms with E-state index in [-0.39, 0.29) is 31.1 Å². The molecule has 1 aliphatic rings. The molecule has 1 heterocycles. The van der Waals surface area contributed by atoms with E-state index in [1.165, 1.54) is 18.6 Å². The molecule has 0 bridgehead atoms. The lowest BCUT2D eigenvalue weighted by Crippen LogP contribution is -2.17. The Labute approximate surface area is 245 Å². The zero-order valence-corrected chi connectivity index (χ0v) is 25.2. The van der Waals surface area contributed by atoms with Crippen LogP contribution >= 0.6 is 21.6 Å². The second kappa shape index (κ2) is 19.2. The van der Waals surface area contributed by atoms with Gasteiger partial charge in [0.25, 0.3) is 0 Å². The maximum Gasteiger partial charge on any atom is 0.313 e. The van der Waals surface area contributed by atoms with Crippen LogP contribution in [0.2, 0.25) is 0 Å². The summed E-state index contributed by atoms with van der Waals surface area (Å²) in [4.78, 5) is 24.2. The van der Waals surface area contributed by atoms with Gasteiger partial charge in [0.05, 0.1) is 52.7 Å². The van der Waals surface area contributed by atoms with Crippen molar-refractivity contribution >= 4 is 44.3 Å². The van der Waals surface area contributed by atoms with E-state index >= 15 is 0 Å². The van der Waals surface area contributed by atoms with Crippen molar-refractivity contribution < 1.29 is 38.0 Å². The van der Waals surface area contributed by atoms with Crippen LogP contribution in [0.15, 0.2) is 36.4 Å². The number of methoxy groups -OCH3 is 1. The third-order valence-corrected chi connectivity index (χ3v) is 9.52. The van der Waals surface area contributed by atoms with Crippen LogP contribution < -0.4 is 4.74 Å². The van der Waals surface area contributed by atoms with E-state index in [4.69, 9.17) is 28.4 Å². The number of carbonyl (C=O) groups is 2. The molecule has 1 saturated heterocycles. The normalized spacial score (nSPS) is 15.7. The van der Waals surface area contributed by atoms with Gasteiger partial charge in [0, 0.05) is 17.4 Å². The minimum absolute atomic E-state index is 0.152. The van der Waals surface area contributed by atoms with Crippen LogP contribution in [-0.2, 0) is 33.3 Å². The molecule has 10 heteroatoms. The van der Waals surface area contributed by atoms with Gasteiger partial charge in [-0.1, -0.05) is 52.3 Å². The van der Waals surface area contributed by atoms with Gasteiger partial charge in [-0.15, -0.1) is 0 Å². The van der Waals surface area contributed by atoms with Crippen LogP contribution in [0.5, 0.6) is 5.75 Å². The molecule has 0 aromatic heterocycles. The molecular formula is C30H42O8S2. The highest BCUT2D eigenvalue weighted by Crippen LogP contribution is 2.39. The summed E-state index contributed by atoms with van der Waals surface area (Å²) in [5.74, 6) is 1.24. The van der Waals surface area contributed by atoms with E-state index in [0.717, 1.165) is 40.2 Å². The summed E-state index contributed by atoms with van der Waals surface area (Å²) in [6.45, 7) is 4.63. The molecule has 1 aliphatic heterocycles. The van der Waals surface area contributed by atoms with Crippen LogP contribution in [0.1, 0.15) is 50.5 Å². The van der Waals surface area contributed by atoms with Gasteiger partial charge in [-0.05, 0) is 54.7 Å². The first-order valence-corrected chi connectivity index (χ1v) is 16.4. The molecular weight excluding hydrogens is 552 g/mol. The molecule has 40 heavy (non-hydrogen) atoms. The predicted molar refractivity (Wildman–Crippen MR) is 160 cm³/mol. The summed E-state index contributed by atoms with van der Waals surface area (Å²) in [5, 5.41) is 2.86. The Morgan fingerprint density at radius 2 is 1.50 bits per heavy atom. The van der Waals surface area contributed by atoms with Gasteiger partial charge in [-0.25, -0.2) is 0 Å². The monoisotopic (exact) mass is 594 g/mol. The number of ether oxygens (including phenoxy) is 6. The Kier molecular flexibility index (Phi) is 15.6. The molecule has 222 valence electrons. The zero-order chi connectivity index (χ0) is 28.4. The first kappa shape index (κ1) is 32.5. The van der Waals surface area contributed by atoms with Gasteiger partial charge in [-0.3, -0.25) is 9.59 Å². The van der Waals surface area contributed by atoms with E-state index < -0.39 is 0 Å². The zero-order valence-electron chi connectivity index (χ0n) is 23.6. The topological polar surface area (TPSA) is 89.5 Å². The molecule has 2 aromatic rings. The number of rotatable bonds is 20. The molecule has 2 atom stereocenters. The van der Waals surface area contributed by atoms with Crippen molar-refractivity contribution in [2.75, 3.05) is 65.7 Å². The highest BCUT2D eigenvalue weighted by atomic mass is 33.1. The fourth-order valence-electron chi connectivity index (χ4n) is 4.14. The Balaban J connectivity index is 1.10. The average molecular weight is 595 g/mol. The molecule has 0 N–H and O–H groups in total. The highest BCUT2D eigenvalue weighted by molar-refractivity contribution is 8.77. The Hall–Kier alpha value is -1.98. The summed E-state index contributed by atoms with van der Waals surface area (Å²) in [6, 6.07) is 11.8. The Bertz CT molecular complexity index is 1030. The molecule has 0 saturated carbocycles. The molecule has 2 unspecified atom stereocenters. The quantitative estimate of drug-likeness (QED) is 0.106. The summed E-state index contributed by atoms with van der Waals surface area (Å²) >= 11 is 0. The van der Waals surface area contributed by atoms with Crippen LogP contribution in [0.25, 0.3) is 10.8 Å². The van der Waals surface area contributed by atoms with E-state index in [2.05, 4.69) is 0 Å². The lowest BCUT2D eigenvalue weighted by Gasteiger charge is -2.13. The summed E-state index contributed by atoms with van der Waals surface area (Å²) in [5.41, 5.74) is 0.904. The predicted octanol–water partition coefficient (Wildman–Crippen LogP) is 5.80. The molecule has 8 nitrogen and oxygen atoms in total. The average Bonchev–Trinajstić information content (AvgIpc) is 3.50. The number of hydrogen-bond acceptors (Lipinski definition) is 10. The molecule has 3 rings (SSSR count). The number of fused-ring (bicyclic) bond motifs is 1. The standard InChI is InChI=1S/C30H42O8S2/c1-23(24-7-8-26-22-27(33-2)10-9-25(26)21-24)30(32)38-19-17-36-15-13-34-12-14-35-16-18-37-29(31)6-4-3-5-28-11-20-39-40-28/h7-10,21-23,28H,3-6,11-20H2,1-2H3. The first-order chi connectivity index (χ1) is 19.6. The van der Waals surface area contributed by atoms with Crippen LogP contribution in [0, 0.1) is 0 Å². The van der Waals surface area contributed by atoms with Crippen molar-refractivity contribution in [3.8, 4) is 5.75 Å². The lowest BCUT2D eigenvalue weighted by atomic mass is 9.98. The van der Waals surface area contributed by atoms with E-state index in [1.807, 2.05) is 64.9 Å². The van der Waals surface area contributed by atoms with Crippen molar-refractivity contribution in [3.63, 3.8) is 0 Å². The molecule has 0 spiro atoms. The first-order valence-electron chi connectivity index (χ1n) is 14.0. The molecule has 0 amide bonds. The van der Waals surface area contributed by atoms with Crippen LogP contribution in [0.3, 0.4) is 0 Å². The smallest absolute Gasteiger partial charge is 0.313 e. The maximum atomic E-state index is 12.4. The van der Waals surface area contributed by atoms with Gasteiger partial charge in [-0.2, -0.15) is 0 Å². The summed E-state index contributed by atoms with van der Waals surface area (Å²) in [6.07, 6.45) is 4.93. The van der Waals surface area contributed by atoms with E-state index in [1.54, 1.807) is 7.11 Å². The maximum absolute atomic E-state index is 12.4. The molecule has 0 radical (unpaired) electrons. The second-order valence-electron chi connectivity index (χ2n) is 9.49. The molecule has 0 aliphatic carbocycles. The van der Waals surface area contributed by atoms with Crippen molar-refractivity contribution in [3.05, 3.63) is 42.0 Å². The van der Waals surface area contributed by atoms with Gasteiger partial charge in [0.1, 0.15) is 19.0 Å². The van der Waals surface area contributed by atoms with Gasteiger partial charge < -0.3 is 28.4 Å². The van der Waals surface area contributed by atoms with Gasteiger partial charge in [0.15, 0.2) is 0 Å². The highest BCUT2D eigenvalue weighted by Gasteiger charge is 2.17. The van der Waals surface area contributed by atoms with Gasteiger partial charge >= 0.3 is 11.9 Å². The number of benzene rings is 2. The molecule has 1 fully saturated rings. The van der Waals surface area contributed by atoms with E-state index in [0.29, 0.717) is 46.1 Å². The minimum Gasteiger partial charge on any atom is -0.497 e. The fraction of sp³-hybridized carbons (Fsp3) is 0.600. The molecule has 2 aromatic carbocycles. The third kappa shape index (κ3) is 12.3. The van der Waals surface area contributed by atoms with Crippen LogP contribution in [0.4, 0.5) is 0 Å². The number of hydrogen-bond donors (Lipinski definition) is 0. The Morgan fingerprint density at radius 1 is 0.850 bits per heavy atom. The minimum atomic E-state index is -0.372. The van der Waals surface area contributed by atoms with Crippen molar-refractivity contribution in [2.24, 2.45) is 0 Å². The summed E-state index contributed by atoms with van der Waals surface area (Å²) < 4.78 is 32.2. The lowest BCUT2D eigenvalue weighted by molar-refractivity contribution is -0.147.